The molecule has 1 amide bonds. The molecule has 0 radical (unpaired) electrons. The van der Waals surface area contributed by atoms with Gasteiger partial charge in [0.2, 0.25) is 5.91 Å². The molecule has 0 unspecified atom stereocenters. The minimum absolute atomic E-state index is 0.00408. The summed E-state index contributed by atoms with van der Waals surface area (Å²) in [6.07, 6.45) is 2.23. The first kappa shape index (κ1) is 14.0. The van der Waals surface area contributed by atoms with E-state index < -0.39 is 0 Å². The van der Waals surface area contributed by atoms with E-state index in [0.29, 0.717) is 16.8 Å². The lowest BCUT2D eigenvalue weighted by molar-refractivity contribution is -0.121. The molecule has 1 N–H and O–H groups in total. The summed E-state index contributed by atoms with van der Waals surface area (Å²) in [5.41, 5.74) is 0.516. The van der Waals surface area contributed by atoms with Gasteiger partial charge in [-0.15, -0.1) is 22.7 Å². The van der Waals surface area contributed by atoms with Crippen LogP contribution >= 0.6 is 22.7 Å². The first-order valence-electron chi connectivity index (χ1n) is 6.46. The molecule has 3 heterocycles. The summed E-state index contributed by atoms with van der Waals surface area (Å²) < 4.78 is 1.93. The van der Waals surface area contributed by atoms with Crippen LogP contribution in [0.25, 0.3) is 10.2 Å². The van der Waals surface area contributed by atoms with E-state index in [1.54, 1.807) is 17.4 Å². The van der Waals surface area contributed by atoms with Crippen molar-refractivity contribution in [2.24, 2.45) is 0 Å². The van der Waals surface area contributed by atoms with Crippen LogP contribution in [-0.4, -0.2) is 22.0 Å². The van der Waals surface area contributed by atoms with Crippen LogP contribution in [0.2, 0.25) is 0 Å². The highest BCUT2D eigenvalue weighted by atomic mass is 32.1. The number of aromatic nitrogens is 2. The summed E-state index contributed by atoms with van der Waals surface area (Å²) in [6, 6.07) is 5.83. The molecule has 5 nitrogen and oxygen atoms in total. The Morgan fingerprint density at radius 1 is 1.29 bits per heavy atom. The maximum atomic E-state index is 12.1. The molecule has 0 fully saturated rings. The van der Waals surface area contributed by atoms with E-state index in [2.05, 4.69) is 10.3 Å². The van der Waals surface area contributed by atoms with Crippen molar-refractivity contribution in [2.45, 2.75) is 13.0 Å². The van der Waals surface area contributed by atoms with Crippen molar-refractivity contribution in [1.29, 1.82) is 0 Å². The van der Waals surface area contributed by atoms with Crippen LogP contribution in [0, 0.1) is 0 Å². The zero-order valence-electron chi connectivity index (χ0n) is 11.1. The van der Waals surface area contributed by atoms with Gasteiger partial charge in [0.15, 0.2) is 0 Å². The number of rotatable bonds is 5. The fourth-order valence-corrected chi connectivity index (χ4v) is 3.48. The average molecular weight is 319 g/mol. The molecule has 108 valence electrons. The van der Waals surface area contributed by atoms with E-state index in [-0.39, 0.29) is 18.0 Å². The molecule has 3 rings (SSSR count). The predicted molar refractivity (Wildman–Crippen MR) is 84.9 cm³/mol. The molecule has 3 aromatic heterocycles. The van der Waals surface area contributed by atoms with Crippen LogP contribution in [0.15, 0.2) is 40.1 Å². The fraction of sp³-hybridized carbons (Fsp3) is 0.214. The van der Waals surface area contributed by atoms with Gasteiger partial charge < -0.3 is 5.32 Å². The van der Waals surface area contributed by atoms with E-state index >= 15 is 0 Å². The van der Waals surface area contributed by atoms with E-state index in [1.165, 1.54) is 27.1 Å². The first-order valence-corrected chi connectivity index (χ1v) is 8.22. The van der Waals surface area contributed by atoms with Crippen molar-refractivity contribution >= 4 is 38.8 Å². The quantitative estimate of drug-likeness (QED) is 0.781. The Morgan fingerprint density at radius 2 is 2.19 bits per heavy atom. The Hall–Kier alpha value is -1.99. The predicted octanol–water partition coefficient (Wildman–Crippen LogP) is 1.88. The van der Waals surface area contributed by atoms with Gasteiger partial charge in [-0.1, -0.05) is 6.07 Å². The molecule has 3 aromatic rings. The third-order valence-corrected chi connectivity index (χ3v) is 4.85. The van der Waals surface area contributed by atoms with Gasteiger partial charge in [-0.25, -0.2) is 4.98 Å². The summed E-state index contributed by atoms with van der Waals surface area (Å²) in [5, 5.41) is 6.66. The molecule has 0 aromatic carbocycles. The summed E-state index contributed by atoms with van der Waals surface area (Å²) in [7, 11) is 0. The topological polar surface area (TPSA) is 64.0 Å². The zero-order chi connectivity index (χ0) is 14.7. The van der Waals surface area contributed by atoms with E-state index in [4.69, 9.17) is 0 Å². The molecule has 0 saturated heterocycles. The molecule has 7 heteroatoms. The van der Waals surface area contributed by atoms with Gasteiger partial charge in [0, 0.05) is 11.4 Å². The summed E-state index contributed by atoms with van der Waals surface area (Å²) in [5.74, 6) is -0.175. The second kappa shape index (κ2) is 6.19. The third-order valence-electron chi connectivity index (χ3n) is 3.02. The van der Waals surface area contributed by atoms with Crippen molar-refractivity contribution in [3.63, 3.8) is 0 Å². The lowest BCUT2D eigenvalue weighted by Crippen LogP contribution is -2.33. The normalized spacial score (nSPS) is 10.9. The van der Waals surface area contributed by atoms with Crippen LogP contribution in [0.3, 0.4) is 0 Å². The Bertz CT molecular complexity index is 805. The highest BCUT2D eigenvalue weighted by Crippen LogP contribution is 2.13. The number of carbonyl (C=O) groups is 1. The number of thiophene rings is 2. The standard InChI is InChI=1S/C14H13N3O2S2/c18-12(15-5-3-10-2-1-6-20-10)8-17-9-16-11-4-7-21-13(11)14(17)19/h1-2,4,6-7,9H,3,5,8H2,(H,15,18). The van der Waals surface area contributed by atoms with Crippen molar-refractivity contribution in [1.82, 2.24) is 14.9 Å². The maximum Gasteiger partial charge on any atom is 0.271 e. The van der Waals surface area contributed by atoms with E-state index in [9.17, 15) is 9.59 Å². The van der Waals surface area contributed by atoms with E-state index in [1.807, 2.05) is 22.9 Å². The second-order valence-corrected chi connectivity index (χ2v) is 6.44. The molecule has 0 aliphatic heterocycles. The number of hydrogen-bond donors (Lipinski definition) is 1. The number of nitrogens with zero attached hydrogens (tertiary/aromatic N) is 2. The van der Waals surface area contributed by atoms with Gasteiger partial charge in [-0.2, -0.15) is 0 Å². The summed E-state index contributed by atoms with van der Waals surface area (Å²) >= 11 is 3.01. The lowest BCUT2D eigenvalue weighted by atomic mass is 10.3. The van der Waals surface area contributed by atoms with Crippen molar-refractivity contribution < 1.29 is 4.79 Å². The van der Waals surface area contributed by atoms with Crippen LogP contribution in [0.4, 0.5) is 0 Å². The highest BCUT2D eigenvalue weighted by molar-refractivity contribution is 7.17. The Morgan fingerprint density at radius 3 is 3.00 bits per heavy atom. The molecule has 0 aliphatic carbocycles. The van der Waals surface area contributed by atoms with Gasteiger partial charge in [-0.05, 0) is 29.3 Å². The summed E-state index contributed by atoms with van der Waals surface area (Å²) in [4.78, 5) is 29.4. The number of fused-ring (bicyclic) bond motifs is 1. The number of nitrogens with one attached hydrogen (secondary N) is 1. The van der Waals surface area contributed by atoms with Gasteiger partial charge in [0.25, 0.3) is 5.56 Å². The van der Waals surface area contributed by atoms with Crippen molar-refractivity contribution in [3.8, 4) is 0 Å². The molecular weight excluding hydrogens is 306 g/mol. The third kappa shape index (κ3) is 3.20. The highest BCUT2D eigenvalue weighted by Gasteiger charge is 2.08. The Kier molecular flexibility index (Phi) is 4.12. The zero-order valence-corrected chi connectivity index (χ0v) is 12.7. The molecule has 0 spiro atoms. The molecule has 21 heavy (non-hydrogen) atoms. The lowest BCUT2D eigenvalue weighted by Gasteiger charge is -2.06. The maximum absolute atomic E-state index is 12.1. The SMILES string of the molecule is O=C(Cn1cnc2ccsc2c1=O)NCCc1cccs1. The van der Waals surface area contributed by atoms with Crippen LogP contribution in [0.1, 0.15) is 4.88 Å². The smallest absolute Gasteiger partial charge is 0.271 e. The van der Waals surface area contributed by atoms with Gasteiger partial charge >= 0.3 is 0 Å². The fourth-order valence-electron chi connectivity index (χ4n) is 1.98. The molecule has 0 bridgehead atoms. The minimum Gasteiger partial charge on any atom is -0.354 e. The number of hydrogen-bond acceptors (Lipinski definition) is 5. The Labute approximate surface area is 128 Å². The molecule has 0 atom stereocenters. The van der Waals surface area contributed by atoms with Gasteiger partial charge in [0.05, 0.1) is 11.8 Å². The van der Waals surface area contributed by atoms with Crippen LogP contribution in [0.5, 0.6) is 0 Å². The van der Waals surface area contributed by atoms with Gasteiger partial charge in [0.1, 0.15) is 11.2 Å². The molecule has 0 saturated carbocycles. The van der Waals surface area contributed by atoms with Crippen LogP contribution in [-0.2, 0) is 17.8 Å². The van der Waals surface area contributed by atoms with Gasteiger partial charge in [-0.3, -0.25) is 14.2 Å². The molecular formula is C14H13N3O2S2. The average Bonchev–Trinajstić information content (AvgIpc) is 3.13. The summed E-state index contributed by atoms with van der Waals surface area (Å²) in [6.45, 7) is 0.576. The molecule has 0 aliphatic rings. The van der Waals surface area contributed by atoms with Crippen molar-refractivity contribution in [3.05, 3.63) is 50.5 Å². The monoisotopic (exact) mass is 319 g/mol. The second-order valence-electron chi connectivity index (χ2n) is 4.49. The number of amides is 1. The van der Waals surface area contributed by atoms with Crippen molar-refractivity contribution in [2.75, 3.05) is 6.54 Å². The number of carbonyl (C=O) groups excluding carboxylic acids is 1. The minimum atomic E-state index is -0.175. The van der Waals surface area contributed by atoms with E-state index in [0.717, 1.165) is 6.42 Å². The largest absolute Gasteiger partial charge is 0.354 e. The van der Waals surface area contributed by atoms with Crippen LogP contribution < -0.4 is 10.9 Å². The first-order chi connectivity index (χ1) is 10.2. The Balaban J connectivity index is 1.60.